The summed E-state index contributed by atoms with van der Waals surface area (Å²) in [6.07, 6.45) is 0.381. The fourth-order valence-corrected chi connectivity index (χ4v) is 2.73. The molecule has 0 fully saturated rings. The van der Waals surface area contributed by atoms with Crippen molar-refractivity contribution < 1.29 is 19.1 Å². The van der Waals surface area contributed by atoms with Gasteiger partial charge in [-0.05, 0) is 31.5 Å². The van der Waals surface area contributed by atoms with Crippen LogP contribution in [0.5, 0.6) is 5.75 Å². The highest BCUT2D eigenvalue weighted by Gasteiger charge is 2.17. The van der Waals surface area contributed by atoms with Crippen LogP contribution in [-0.4, -0.2) is 36.2 Å². The van der Waals surface area contributed by atoms with Gasteiger partial charge in [0.25, 0.3) is 0 Å². The molecule has 3 aromatic rings. The van der Waals surface area contributed by atoms with Crippen LogP contribution in [0.1, 0.15) is 36.4 Å². The van der Waals surface area contributed by atoms with Gasteiger partial charge in [0, 0.05) is 18.2 Å². The second-order valence-electron chi connectivity index (χ2n) is 6.66. The summed E-state index contributed by atoms with van der Waals surface area (Å²) in [5.74, 6) is 0.688. The van der Waals surface area contributed by atoms with E-state index in [9.17, 15) is 9.90 Å². The highest BCUT2D eigenvalue weighted by atomic mass is 16.5. The molecule has 0 radical (unpaired) electrons. The van der Waals surface area contributed by atoms with Crippen molar-refractivity contribution in [1.82, 2.24) is 5.32 Å². The fourth-order valence-electron chi connectivity index (χ4n) is 2.73. The largest absolute Gasteiger partial charge is 0.490 e. The molecule has 0 saturated heterocycles. The van der Waals surface area contributed by atoms with Gasteiger partial charge < -0.3 is 19.6 Å². The molecule has 1 aromatic heterocycles. The van der Waals surface area contributed by atoms with Crippen LogP contribution in [0.4, 0.5) is 0 Å². The van der Waals surface area contributed by atoms with Crippen LogP contribution in [0.15, 0.2) is 59.0 Å². The number of hydrogen-bond acceptors (Lipinski definition) is 5. The van der Waals surface area contributed by atoms with Crippen LogP contribution in [-0.2, 0) is 0 Å². The van der Waals surface area contributed by atoms with E-state index in [1.807, 2.05) is 30.3 Å². The SMILES string of the molecule is CCC(C)NCC(O)COc1cccc2oc(C(=O)c3ccccc3)cc12. The Hall–Kier alpha value is -2.63. The predicted molar refractivity (Wildman–Crippen MR) is 105 cm³/mol. The van der Waals surface area contributed by atoms with Gasteiger partial charge in [0.05, 0.1) is 5.39 Å². The Bertz CT molecular complexity index is 888. The van der Waals surface area contributed by atoms with E-state index >= 15 is 0 Å². The smallest absolute Gasteiger partial charge is 0.228 e. The zero-order valence-electron chi connectivity index (χ0n) is 15.6. The van der Waals surface area contributed by atoms with Gasteiger partial charge in [0.2, 0.25) is 5.78 Å². The molecule has 0 saturated carbocycles. The summed E-state index contributed by atoms with van der Waals surface area (Å²) in [5, 5.41) is 14.1. The molecular formula is C22H25NO4. The third kappa shape index (κ3) is 4.76. The van der Waals surface area contributed by atoms with E-state index in [-0.39, 0.29) is 18.2 Å². The summed E-state index contributed by atoms with van der Waals surface area (Å²) >= 11 is 0. The van der Waals surface area contributed by atoms with Crippen molar-refractivity contribution in [3.05, 3.63) is 65.9 Å². The summed E-state index contributed by atoms with van der Waals surface area (Å²) in [4.78, 5) is 12.6. The van der Waals surface area contributed by atoms with E-state index in [4.69, 9.17) is 9.15 Å². The monoisotopic (exact) mass is 367 g/mol. The Balaban J connectivity index is 1.72. The average Bonchev–Trinajstić information content (AvgIpc) is 3.15. The van der Waals surface area contributed by atoms with Gasteiger partial charge in [-0.2, -0.15) is 0 Å². The molecule has 0 spiro atoms. The molecule has 0 bridgehead atoms. The van der Waals surface area contributed by atoms with Gasteiger partial charge in [-0.25, -0.2) is 0 Å². The quantitative estimate of drug-likeness (QED) is 0.563. The zero-order valence-corrected chi connectivity index (χ0v) is 15.6. The highest BCUT2D eigenvalue weighted by molar-refractivity contribution is 6.09. The molecule has 27 heavy (non-hydrogen) atoms. The van der Waals surface area contributed by atoms with E-state index in [0.717, 1.165) is 11.8 Å². The number of carbonyl (C=O) groups excluding carboxylic acids is 1. The number of benzene rings is 2. The molecule has 0 aliphatic rings. The molecule has 0 aliphatic heterocycles. The van der Waals surface area contributed by atoms with Gasteiger partial charge in [0.15, 0.2) is 5.76 Å². The van der Waals surface area contributed by atoms with E-state index in [1.54, 1.807) is 24.3 Å². The van der Waals surface area contributed by atoms with Crippen LogP contribution in [0, 0.1) is 0 Å². The molecule has 2 unspecified atom stereocenters. The first kappa shape index (κ1) is 19.1. The van der Waals surface area contributed by atoms with Crippen LogP contribution >= 0.6 is 0 Å². The first-order chi connectivity index (χ1) is 13.1. The van der Waals surface area contributed by atoms with E-state index in [1.165, 1.54) is 0 Å². The van der Waals surface area contributed by atoms with Crippen molar-refractivity contribution in [2.45, 2.75) is 32.4 Å². The molecule has 2 aromatic carbocycles. The fraction of sp³-hybridized carbons (Fsp3) is 0.318. The van der Waals surface area contributed by atoms with Crippen molar-refractivity contribution in [1.29, 1.82) is 0 Å². The molecule has 0 amide bonds. The van der Waals surface area contributed by atoms with Crippen molar-refractivity contribution in [2.75, 3.05) is 13.2 Å². The summed E-state index contributed by atoms with van der Waals surface area (Å²) in [6, 6.07) is 16.5. The molecule has 2 N–H and O–H groups in total. The number of hydrogen-bond donors (Lipinski definition) is 2. The minimum Gasteiger partial charge on any atom is -0.490 e. The maximum Gasteiger partial charge on any atom is 0.228 e. The maximum atomic E-state index is 12.6. The molecule has 5 heteroatoms. The number of nitrogens with one attached hydrogen (secondary N) is 1. The second-order valence-corrected chi connectivity index (χ2v) is 6.66. The topological polar surface area (TPSA) is 71.7 Å². The third-order valence-electron chi connectivity index (χ3n) is 4.53. The van der Waals surface area contributed by atoms with E-state index in [0.29, 0.717) is 29.5 Å². The standard InChI is InChI=1S/C22H25NO4/c1-3-15(2)23-13-17(24)14-26-19-10-7-11-20-18(19)12-21(27-20)22(25)16-8-5-4-6-9-16/h4-12,15,17,23-24H,3,13-14H2,1-2H3. The number of aliphatic hydroxyl groups is 1. The van der Waals surface area contributed by atoms with Crippen LogP contribution < -0.4 is 10.1 Å². The van der Waals surface area contributed by atoms with Crippen molar-refractivity contribution in [3.63, 3.8) is 0 Å². The highest BCUT2D eigenvalue weighted by Crippen LogP contribution is 2.29. The number of ketones is 1. The second kappa shape index (κ2) is 8.84. The number of aliphatic hydroxyl groups excluding tert-OH is 1. The first-order valence-corrected chi connectivity index (χ1v) is 9.25. The normalized spacial score (nSPS) is 13.4. The zero-order chi connectivity index (χ0) is 19.2. The van der Waals surface area contributed by atoms with Gasteiger partial charge in [-0.1, -0.05) is 43.3 Å². The first-order valence-electron chi connectivity index (χ1n) is 9.25. The number of fused-ring (bicyclic) bond motifs is 1. The molecule has 1 heterocycles. The molecule has 2 atom stereocenters. The minimum atomic E-state index is -0.619. The Morgan fingerprint density at radius 1 is 1.19 bits per heavy atom. The number of carbonyl (C=O) groups is 1. The Morgan fingerprint density at radius 2 is 1.96 bits per heavy atom. The van der Waals surface area contributed by atoms with Crippen molar-refractivity contribution >= 4 is 16.8 Å². The lowest BCUT2D eigenvalue weighted by atomic mass is 10.1. The lowest BCUT2D eigenvalue weighted by molar-refractivity contribution is 0.101. The number of furan rings is 1. The van der Waals surface area contributed by atoms with Crippen LogP contribution in [0.3, 0.4) is 0 Å². The van der Waals surface area contributed by atoms with Gasteiger partial charge in [-0.15, -0.1) is 0 Å². The predicted octanol–water partition coefficient (Wildman–Crippen LogP) is 3.79. The van der Waals surface area contributed by atoms with Crippen molar-refractivity contribution in [2.24, 2.45) is 0 Å². The van der Waals surface area contributed by atoms with Gasteiger partial charge >= 0.3 is 0 Å². The lowest BCUT2D eigenvalue weighted by Crippen LogP contribution is -2.36. The van der Waals surface area contributed by atoms with Gasteiger partial charge in [-0.3, -0.25) is 4.79 Å². The Kier molecular flexibility index (Phi) is 6.27. The number of ether oxygens (including phenoxy) is 1. The summed E-state index contributed by atoms with van der Waals surface area (Å²) in [5.41, 5.74) is 1.16. The van der Waals surface area contributed by atoms with E-state index in [2.05, 4.69) is 19.2 Å². The average molecular weight is 367 g/mol. The Labute approximate surface area is 159 Å². The minimum absolute atomic E-state index is 0.162. The molecule has 3 rings (SSSR count). The molecular weight excluding hydrogens is 342 g/mol. The summed E-state index contributed by atoms with van der Waals surface area (Å²) < 4.78 is 11.5. The van der Waals surface area contributed by atoms with Crippen LogP contribution in [0.2, 0.25) is 0 Å². The molecule has 142 valence electrons. The Morgan fingerprint density at radius 3 is 2.70 bits per heavy atom. The number of rotatable bonds is 9. The maximum absolute atomic E-state index is 12.6. The van der Waals surface area contributed by atoms with Crippen LogP contribution in [0.25, 0.3) is 11.0 Å². The van der Waals surface area contributed by atoms with Gasteiger partial charge in [0.1, 0.15) is 24.0 Å². The van der Waals surface area contributed by atoms with Crippen molar-refractivity contribution in [3.8, 4) is 5.75 Å². The third-order valence-corrected chi connectivity index (χ3v) is 4.53. The lowest BCUT2D eigenvalue weighted by Gasteiger charge is -2.16. The molecule has 5 nitrogen and oxygen atoms in total. The van der Waals surface area contributed by atoms with E-state index < -0.39 is 6.10 Å². The summed E-state index contributed by atoms with van der Waals surface area (Å²) in [6.45, 7) is 4.79. The molecule has 0 aliphatic carbocycles. The summed E-state index contributed by atoms with van der Waals surface area (Å²) in [7, 11) is 0.